The molecule has 2 atom stereocenters. The predicted molar refractivity (Wildman–Crippen MR) is 94.9 cm³/mol. The number of ether oxygens (including phenoxy) is 1. The summed E-state index contributed by atoms with van der Waals surface area (Å²) in [6, 6.07) is 4.46. The van der Waals surface area contributed by atoms with E-state index in [0.29, 0.717) is 24.2 Å². The van der Waals surface area contributed by atoms with E-state index in [4.69, 9.17) is 5.73 Å². The second-order valence-electron chi connectivity index (χ2n) is 6.09. The molecule has 1 heterocycles. The minimum Gasteiger partial charge on any atom is -0.465 e. The molecule has 0 spiro atoms. The van der Waals surface area contributed by atoms with Crippen LogP contribution in [0, 0.1) is 12.8 Å². The van der Waals surface area contributed by atoms with Crippen LogP contribution in [-0.4, -0.2) is 44.9 Å². The Balaban J connectivity index is 0.00000288. The van der Waals surface area contributed by atoms with Crippen LogP contribution in [0.15, 0.2) is 23.1 Å². The van der Waals surface area contributed by atoms with Gasteiger partial charge < -0.3 is 10.5 Å². The highest BCUT2D eigenvalue weighted by atomic mass is 35.5. The molecule has 1 aromatic rings. The summed E-state index contributed by atoms with van der Waals surface area (Å²) >= 11 is 0. The van der Waals surface area contributed by atoms with Gasteiger partial charge in [0.05, 0.1) is 17.6 Å². The molecule has 0 bridgehead atoms. The third-order valence-corrected chi connectivity index (χ3v) is 6.27. The number of halogens is 1. The highest BCUT2D eigenvalue weighted by Gasteiger charge is 2.31. The lowest BCUT2D eigenvalue weighted by atomic mass is 9.93. The van der Waals surface area contributed by atoms with Crippen LogP contribution < -0.4 is 5.73 Å². The monoisotopic (exact) mass is 376 g/mol. The van der Waals surface area contributed by atoms with E-state index in [1.807, 2.05) is 6.92 Å². The van der Waals surface area contributed by atoms with Gasteiger partial charge in [0.15, 0.2) is 0 Å². The van der Waals surface area contributed by atoms with E-state index >= 15 is 0 Å². The van der Waals surface area contributed by atoms with Gasteiger partial charge in [0.2, 0.25) is 10.0 Å². The number of rotatable bonds is 4. The number of aryl methyl sites for hydroxylation is 1. The number of nitrogens with zero attached hydrogens (tertiary/aromatic N) is 1. The van der Waals surface area contributed by atoms with E-state index in [-0.39, 0.29) is 29.3 Å². The number of hydrogen-bond acceptors (Lipinski definition) is 5. The lowest BCUT2D eigenvalue weighted by Gasteiger charge is -2.33. The number of hydrogen-bond donors (Lipinski definition) is 1. The van der Waals surface area contributed by atoms with Crippen molar-refractivity contribution in [2.75, 3.05) is 20.2 Å². The van der Waals surface area contributed by atoms with Crippen molar-refractivity contribution in [2.45, 2.75) is 37.6 Å². The first-order chi connectivity index (χ1) is 10.8. The van der Waals surface area contributed by atoms with E-state index in [2.05, 4.69) is 4.74 Å². The quantitative estimate of drug-likeness (QED) is 0.811. The Kier molecular flexibility index (Phi) is 7.22. The van der Waals surface area contributed by atoms with Gasteiger partial charge >= 0.3 is 5.97 Å². The molecule has 0 radical (unpaired) electrons. The minimum absolute atomic E-state index is 0. The molecule has 1 aliphatic rings. The van der Waals surface area contributed by atoms with E-state index in [1.54, 1.807) is 6.92 Å². The fourth-order valence-corrected chi connectivity index (χ4v) is 4.53. The van der Waals surface area contributed by atoms with Crippen LogP contribution in [0.1, 0.15) is 35.7 Å². The largest absolute Gasteiger partial charge is 0.465 e. The predicted octanol–water partition coefficient (Wildman–Crippen LogP) is 1.95. The van der Waals surface area contributed by atoms with E-state index in [1.165, 1.54) is 29.6 Å². The molecular formula is C16H25ClN2O4S. The van der Waals surface area contributed by atoms with Crippen molar-refractivity contribution in [3.63, 3.8) is 0 Å². The number of sulfonamides is 1. The lowest BCUT2D eigenvalue weighted by molar-refractivity contribution is 0.0600. The zero-order valence-electron chi connectivity index (χ0n) is 14.2. The van der Waals surface area contributed by atoms with E-state index < -0.39 is 16.0 Å². The zero-order chi connectivity index (χ0) is 17.2. The number of nitrogens with two attached hydrogens (primary N) is 1. The Bertz CT molecular complexity index is 691. The summed E-state index contributed by atoms with van der Waals surface area (Å²) in [7, 11) is -2.27. The van der Waals surface area contributed by atoms with Crippen molar-refractivity contribution >= 4 is 28.4 Å². The molecule has 2 rings (SSSR count). The third-order valence-electron chi connectivity index (χ3n) is 4.41. The van der Waals surface area contributed by atoms with Gasteiger partial charge in [-0.1, -0.05) is 0 Å². The maximum Gasteiger partial charge on any atom is 0.338 e. The molecule has 24 heavy (non-hydrogen) atoms. The van der Waals surface area contributed by atoms with Crippen LogP contribution >= 0.6 is 12.4 Å². The second kappa shape index (κ2) is 8.29. The molecule has 0 saturated carbocycles. The normalized spacial score (nSPS) is 20.1. The summed E-state index contributed by atoms with van der Waals surface area (Å²) in [6.07, 6.45) is 1.76. The molecule has 1 aliphatic heterocycles. The molecule has 1 saturated heterocycles. The van der Waals surface area contributed by atoms with Gasteiger partial charge in [0.1, 0.15) is 0 Å². The summed E-state index contributed by atoms with van der Waals surface area (Å²) in [6.45, 7) is 4.56. The Morgan fingerprint density at radius 3 is 2.62 bits per heavy atom. The van der Waals surface area contributed by atoms with E-state index in [0.717, 1.165) is 12.8 Å². The van der Waals surface area contributed by atoms with Gasteiger partial charge in [-0.3, -0.25) is 0 Å². The van der Waals surface area contributed by atoms with Gasteiger partial charge in [-0.15, -0.1) is 12.4 Å². The molecule has 1 aromatic carbocycles. The maximum absolute atomic E-state index is 12.8. The van der Waals surface area contributed by atoms with Crippen LogP contribution in [0.25, 0.3) is 0 Å². The Labute approximate surface area is 149 Å². The molecule has 8 heteroatoms. The topological polar surface area (TPSA) is 89.7 Å². The summed E-state index contributed by atoms with van der Waals surface area (Å²) in [5, 5.41) is 0. The van der Waals surface area contributed by atoms with Crippen molar-refractivity contribution in [3.8, 4) is 0 Å². The van der Waals surface area contributed by atoms with Crippen molar-refractivity contribution in [2.24, 2.45) is 11.7 Å². The minimum atomic E-state index is -3.57. The average molecular weight is 377 g/mol. The van der Waals surface area contributed by atoms with Crippen LogP contribution in [-0.2, 0) is 14.8 Å². The van der Waals surface area contributed by atoms with Crippen molar-refractivity contribution < 1.29 is 17.9 Å². The van der Waals surface area contributed by atoms with Crippen LogP contribution in [0.3, 0.4) is 0 Å². The van der Waals surface area contributed by atoms with Gasteiger partial charge in [0.25, 0.3) is 0 Å². The maximum atomic E-state index is 12.8. The summed E-state index contributed by atoms with van der Waals surface area (Å²) < 4.78 is 31.8. The number of piperidine rings is 1. The summed E-state index contributed by atoms with van der Waals surface area (Å²) in [5.74, 6) is -0.296. The van der Waals surface area contributed by atoms with Gasteiger partial charge in [-0.05, 0) is 56.4 Å². The standard InChI is InChI=1S/C16H24N2O4S.ClH/c1-11-9-14(6-7-15(11)16(19)22-3)23(20,21)18-8-4-5-13(10-18)12(2)17;/h6-7,9,12-13H,4-5,8,10,17H2,1-3H3;1H. The third kappa shape index (κ3) is 4.27. The first kappa shape index (κ1) is 20.9. The first-order valence-electron chi connectivity index (χ1n) is 7.72. The SMILES string of the molecule is COC(=O)c1ccc(S(=O)(=O)N2CCCC(C(C)N)C2)cc1C.Cl. The van der Waals surface area contributed by atoms with Crippen molar-refractivity contribution in [1.82, 2.24) is 4.31 Å². The first-order valence-corrected chi connectivity index (χ1v) is 9.16. The number of carbonyl (C=O) groups is 1. The molecular weight excluding hydrogens is 352 g/mol. The average Bonchev–Trinajstić information content (AvgIpc) is 2.54. The van der Waals surface area contributed by atoms with E-state index in [9.17, 15) is 13.2 Å². The lowest BCUT2D eigenvalue weighted by Crippen LogP contribution is -2.44. The van der Waals surface area contributed by atoms with Crippen LogP contribution in [0.5, 0.6) is 0 Å². The van der Waals surface area contributed by atoms with Crippen molar-refractivity contribution in [3.05, 3.63) is 29.3 Å². The Morgan fingerprint density at radius 1 is 1.42 bits per heavy atom. The molecule has 136 valence electrons. The number of carbonyl (C=O) groups excluding carboxylic acids is 1. The second-order valence-corrected chi connectivity index (χ2v) is 8.03. The summed E-state index contributed by atoms with van der Waals surface area (Å²) in [5.41, 5.74) is 6.89. The Hall–Kier alpha value is -1.15. The smallest absolute Gasteiger partial charge is 0.338 e. The Morgan fingerprint density at radius 2 is 2.08 bits per heavy atom. The molecule has 1 fully saturated rings. The van der Waals surface area contributed by atoms with Crippen LogP contribution in [0.4, 0.5) is 0 Å². The number of methoxy groups -OCH3 is 1. The van der Waals surface area contributed by atoms with Gasteiger partial charge in [-0.25, -0.2) is 13.2 Å². The molecule has 0 aliphatic carbocycles. The molecule has 2 unspecified atom stereocenters. The highest BCUT2D eigenvalue weighted by molar-refractivity contribution is 7.89. The number of esters is 1. The van der Waals surface area contributed by atoms with Gasteiger partial charge in [-0.2, -0.15) is 4.31 Å². The molecule has 2 N–H and O–H groups in total. The zero-order valence-corrected chi connectivity index (χ0v) is 15.8. The van der Waals surface area contributed by atoms with Gasteiger partial charge in [0, 0.05) is 19.1 Å². The fourth-order valence-electron chi connectivity index (χ4n) is 2.91. The fraction of sp³-hybridized carbons (Fsp3) is 0.562. The van der Waals surface area contributed by atoms with Crippen molar-refractivity contribution in [1.29, 1.82) is 0 Å². The van der Waals surface area contributed by atoms with Crippen LogP contribution in [0.2, 0.25) is 0 Å². The molecule has 6 nitrogen and oxygen atoms in total. The summed E-state index contributed by atoms with van der Waals surface area (Å²) in [4.78, 5) is 11.8. The highest BCUT2D eigenvalue weighted by Crippen LogP contribution is 2.26. The molecule has 0 aromatic heterocycles. The molecule has 0 amide bonds. The number of benzene rings is 1.